The van der Waals surface area contributed by atoms with Crippen molar-refractivity contribution in [2.45, 2.75) is 9.92 Å². The van der Waals surface area contributed by atoms with Gasteiger partial charge in [0, 0.05) is 10.6 Å². The van der Waals surface area contributed by atoms with E-state index in [4.69, 9.17) is 17.3 Å². The third-order valence-corrected chi connectivity index (χ3v) is 3.81. The molecule has 1 aromatic carbocycles. The molecular formula is C11H7ClFN5S. The minimum Gasteiger partial charge on any atom is -0.398 e. The summed E-state index contributed by atoms with van der Waals surface area (Å²) >= 11 is 6.89. The Hall–Kier alpha value is -1.86. The van der Waals surface area contributed by atoms with Gasteiger partial charge in [0.1, 0.15) is 22.7 Å². The largest absolute Gasteiger partial charge is 0.398 e. The number of benzene rings is 1. The third-order valence-electron chi connectivity index (χ3n) is 2.45. The van der Waals surface area contributed by atoms with E-state index in [1.807, 2.05) is 0 Å². The van der Waals surface area contributed by atoms with Crippen molar-refractivity contribution in [1.29, 1.82) is 0 Å². The molecule has 19 heavy (non-hydrogen) atoms. The Bertz CT molecular complexity index is 760. The summed E-state index contributed by atoms with van der Waals surface area (Å²) in [4.78, 5) is 15.6. The molecule has 0 aliphatic heterocycles. The Morgan fingerprint density at radius 3 is 2.95 bits per heavy atom. The molecular weight excluding hydrogens is 289 g/mol. The molecule has 0 aliphatic rings. The predicted octanol–water partition coefficient (Wildman–Crippen LogP) is 2.88. The fraction of sp³-hybridized carbons (Fsp3) is 0. The summed E-state index contributed by atoms with van der Waals surface area (Å²) < 4.78 is 13.5. The fourth-order valence-corrected chi connectivity index (χ4v) is 2.63. The van der Waals surface area contributed by atoms with Gasteiger partial charge in [-0.3, -0.25) is 0 Å². The van der Waals surface area contributed by atoms with Crippen molar-refractivity contribution in [2.75, 3.05) is 5.73 Å². The SMILES string of the molecule is Nc1cc(Cl)c(F)cc1Sc1ncnc2nc[nH]c12. The van der Waals surface area contributed by atoms with Crippen molar-refractivity contribution in [3.8, 4) is 0 Å². The van der Waals surface area contributed by atoms with E-state index in [-0.39, 0.29) is 5.02 Å². The number of aromatic amines is 1. The molecule has 0 saturated carbocycles. The number of halogens is 2. The summed E-state index contributed by atoms with van der Waals surface area (Å²) in [5, 5.41) is 0.618. The molecule has 0 amide bonds. The Balaban J connectivity index is 2.06. The number of nitrogens with zero attached hydrogens (tertiary/aromatic N) is 3. The summed E-state index contributed by atoms with van der Waals surface area (Å²) in [6.45, 7) is 0. The zero-order valence-corrected chi connectivity index (χ0v) is 11.0. The fourth-order valence-electron chi connectivity index (χ4n) is 1.56. The molecule has 5 nitrogen and oxygen atoms in total. The lowest BCUT2D eigenvalue weighted by Crippen LogP contribution is -1.92. The molecule has 8 heteroatoms. The number of nitrogen functional groups attached to an aromatic ring is 1. The standard InChI is InChI=1S/C11H7ClFN5S/c12-5-1-7(14)8(2-6(5)13)19-11-9-10(16-3-15-9)17-4-18-11/h1-4H,14H2,(H,15,16,17,18). The Morgan fingerprint density at radius 1 is 1.26 bits per heavy atom. The van der Waals surface area contributed by atoms with Crippen molar-refractivity contribution in [2.24, 2.45) is 0 Å². The molecule has 2 aromatic heterocycles. The van der Waals surface area contributed by atoms with Gasteiger partial charge in [0.05, 0.1) is 11.3 Å². The van der Waals surface area contributed by atoms with E-state index < -0.39 is 5.82 Å². The van der Waals surface area contributed by atoms with Crippen molar-refractivity contribution >= 4 is 40.2 Å². The highest BCUT2D eigenvalue weighted by molar-refractivity contribution is 7.99. The first kappa shape index (κ1) is 12.2. The number of hydrogen-bond acceptors (Lipinski definition) is 5. The molecule has 0 saturated heterocycles. The molecule has 3 N–H and O–H groups in total. The van der Waals surface area contributed by atoms with Crippen LogP contribution in [0.1, 0.15) is 0 Å². The molecule has 0 aliphatic carbocycles. The topological polar surface area (TPSA) is 80.5 Å². The first-order valence-corrected chi connectivity index (χ1v) is 6.41. The highest BCUT2D eigenvalue weighted by atomic mass is 35.5. The summed E-state index contributed by atoms with van der Waals surface area (Å²) in [6.07, 6.45) is 2.92. The minimum atomic E-state index is -0.520. The van der Waals surface area contributed by atoms with E-state index in [2.05, 4.69) is 19.9 Å². The second kappa shape index (κ2) is 4.67. The number of nitrogens with one attached hydrogen (secondary N) is 1. The van der Waals surface area contributed by atoms with Crippen molar-refractivity contribution < 1.29 is 4.39 Å². The van der Waals surface area contributed by atoms with Crippen LogP contribution in [0.3, 0.4) is 0 Å². The highest BCUT2D eigenvalue weighted by Crippen LogP contribution is 2.35. The minimum absolute atomic E-state index is 0.00350. The maximum Gasteiger partial charge on any atom is 0.181 e. The number of imidazole rings is 1. The number of rotatable bonds is 2. The predicted molar refractivity (Wildman–Crippen MR) is 71.6 cm³/mol. The van der Waals surface area contributed by atoms with Crippen LogP contribution < -0.4 is 5.73 Å². The summed E-state index contributed by atoms with van der Waals surface area (Å²) in [5.74, 6) is -0.520. The second-order valence-corrected chi connectivity index (χ2v) is 5.12. The van der Waals surface area contributed by atoms with Crippen LogP contribution in [0.15, 0.2) is 34.7 Å². The summed E-state index contributed by atoms with van der Waals surface area (Å²) in [6, 6.07) is 2.66. The average Bonchev–Trinajstić information content (AvgIpc) is 2.85. The lowest BCUT2D eigenvalue weighted by atomic mass is 10.3. The molecule has 0 atom stereocenters. The number of H-pyrrole nitrogens is 1. The third kappa shape index (κ3) is 2.22. The van der Waals surface area contributed by atoms with Gasteiger partial charge in [-0.1, -0.05) is 23.4 Å². The van der Waals surface area contributed by atoms with E-state index in [9.17, 15) is 4.39 Å². The number of nitrogens with two attached hydrogens (primary N) is 1. The number of fused-ring (bicyclic) bond motifs is 1. The van der Waals surface area contributed by atoms with Crippen molar-refractivity contribution in [3.05, 3.63) is 35.6 Å². The maximum atomic E-state index is 13.5. The number of anilines is 1. The van der Waals surface area contributed by atoms with Gasteiger partial charge < -0.3 is 10.7 Å². The lowest BCUT2D eigenvalue weighted by molar-refractivity contribution is 0.625. The van der Waals surface area contributed by atoms with E-state index >= 15 is 0 Å². The van der Waals surface area contributed by atoms with Gasteiger partial charge >= 0.3 is 0 Å². The second-order valence-electron chi connectivity index (χ2n) is 3.69. The highest BCUT2D eigenvalue weighted by Gasteiger charge is 2.12. The monoisotopic (exact) mass is 295 g/mol. The van der Waals surface area contributed by atoms with Crippen molar-refractivity contribution in [3.63, 3.8) is 0 Å². The van der Waals surface area contributed by atoms with Crippen LogP contribution in [-0.2, 0) is 0 Å². The number of aromatic nitrogens is 4. The van der Waals surface area contributed by atoms with Crippen LogP contribution in [0, 0.1) is 5.82 Å². The van der Waals surface area contributed by atoms with Gasteiger partial charge in [-0.05, 0) is 12.1 Å². The maximum absolute atomic E-state index is 13.5. The van der Waals surface area contributed by atoms with E-state index in [1.165, 1.54) is 36.5 Å². The molecule has 3 aromatic rings. The van der Waals surface area contributed by atoms with Gasteiger partial charge in [-0.15, -0.1) is 0 Å². The van der Waals surface area contributed by atoms with E-state index in [0.717, 1.165) is 0 Å². The summed E-state index contributed by atoms with van der Waals surface area (Å²) in [5.41, 5.74) is 7.44. The zero-order valence-electron chi connectivity index (χ0n) is 9.39. The molecule has 0 unspecified atom stereocenters. The van der Waals surface area contributed by atoms with Gasteiger partial charge in [0.25, 0.3) is 0 Å². The Morgan fingerprint density at radius 2 is 2.11 bits per heavy atom. The molecule has 0 spiro atoms. The molecule has 0 fully saturated rings. The van der Waals surface area contributed by atoms with Crippen LogP contribution in [0.5, 0.6) is 0 Å². The summed E-state index contributed by atoms with van der Waals surface area (Å²) in [7, 11) is 0. The van der Waals surface area contributed by atoms with Crippen molar-refractivity contribution in [1.82, 2.24) is 19.9 Å². The van der Waals surface area contributed by atoms with Gasteiger partial charge in [-0.25, -0.2) is 19.3 Å². The molecule has 0 radical (unpaired) electrons. The quantitative estimate of drug-likeness (QED) is 0.561. The van der Waals surface area contributed by atoms with Crippen LogP contribution in [0.25, 0.3) is 11.2 Å². The first-order chi connectivity index (χ1) is 9.15. The van der Waals surface area contributed by atoms with Crippen LogP contribution in [-0.4, -0.2) is 19.9 Å². The van der Waals surface area contributed by atoms with Gasteiger partial charge in [-0.2, -0.15) is 0 Å². The van der Waals surface area contributed by atoms with E-state index in [0.29, 0.717) is 26.8 Å². The Kier molecular flexibility index (Phi) is 3.00. The molecule has 96 valence electrons. The molecule has 2 heterocycles. The smallest absolute Gasteiger partial charge is 0.181 e. The average molecular weight is 296 g/mol. The lowest BCUT2D eigenvalue weighted by Gasteiger charge is -2.06. The first-order valence-electron chi connectivity index (χ1n) is 5.21. The van der Waals surface area contributed by atoms with Crippen LogP contribution >= 0.6 is 23.4 Å². The van der Waals surface area contributed by atoms with Gasteiger partial charge in [0.15, 0.2) is 5.65 Å². The molecule has 3 rings (SSSR count). The number of hydrogen-bond donors (Lipinski definition) is 2. The normalized spacial score (nSPS) is 11.1. The van der Waals surface area contributed by atoms with Crippen LogP contribution in [0.4, 0.5) is 10.1 Å². The molecule has 0 bridgehead atoms. The van der Waals surface area contributed by atoms with E-state index in [1.54, 1.807) is 0 Å². The van der Waals surface area contributed by atoms with Crippen LogP contribution in [0.2, 0.25) is 5.02 Å². The Labute approximate surface area is 116 Å². The zero-order chi connectivity index (χ0) is 13.4. The van der Waals surface area contributed by atoms with Gasteiger partial charge in [0.2, 0.25) is 0 Å².